The van der Waals surface area contributed by atoms with Gasteiger partial charge in [0.15, 0.2) is 5.82 Å². The highest BCUT2D eigenvalue weighted by molar-refractivity contribution is 5.81. The lowest BCUT2D eigenvalue weighted by molar-refractivity contribution is -0.123. The van der Waals surface area contributed by atoms with Gasteiger partial charge in [-0.3, -0.25) is 14.6 Å². The van der Waals surface area contributed by atoms with Gasteiger partial charge < -0.3 is 10.3 Å². The van der Waals surface area contributed by atoms with E-state index in [-0.39, 0.29) is 23.4 Å². The summed E-state index contributed by atoms with van der Waals surface area (Å²) in [6, 6.07) is 6.50. The van der Waals surface area contributed by atoms with Crippen molar-refractivity contribution < 1.29 is 4.79 Å². The topological polar surface area (TPSA) is 87.7 Å². The van der Waals surface area contributed by atoms with Crippen molar-refractivity contribution in [1.29, 1.82) is 0 Å². The van der Waals surface area contributed by atoms with E-state index in [1.165, 1.54) is 6.07 Å². The number of H-pyrrole nitrogens is 1. The first kappa shape index (κ1) is 14.4. The largest absolute Gasteiger partial charge is 0.348 e. The Labute approximate surface area is 128 Å². The normalized spacial score (nSPS) is 21.2. The summed E-state index contributed by atoms with van der Waals surface area (Å²) in [7, 11) is 0. The quantitative estimate of drug-likeness (QED) is 0.898. The van der Waals surface area contributed by atoms with Gasteiger partial charge in [0.1, 0.15) is 5.69 Å². The van der Waals surface area contributed by atoms with Crippen LogP contribution in [0.3, 0.4) is 0 Å². The number of aromatic amines is 1. The van der Waals surface area contributed by atoms with E-state index >= 15 is 0 Å². The van der Waals surface area contributed by atoms with Gasteiger partial charge >= 0.3 is 0 Å². The molecule has 3 atom stereocenters. The maximum absolute atomic E-state index is 12.0. The van der Waals surface area contributed by atoms with Gasteiger partial charge in [-0.1, -0.05) is 13.0 Å². The zero-order chi connectivity index (χ0) is 15.7. The number of rotatable bonds is 4. The number of pyridine rings is 1. The van der Waals surface area contributed by atoms with Crippen molar-refractivity contribution in [2.24, 2.45) is 11.8 Å². The van der Waals surface area contributed by atoms with Crippen LogP contribution in [-0.4, -0.2) is 20.9 Å². The number of carbonyl (C=O) groups excluding carboxylic acids is 1. The Morgan fingerprint density at radius 3 is 2.86 bits per heavy atom. The van der Waals surface area contributed by atoms with E-state index in [1.54, 1.807) is 18.3 Å². The molecule has 1 amide bonds. The van der Waals surface area contributed by atoms with Gasteiger partial charge in [0, 0.05) is 18.2 Å². The zero-order valence-electron chi connectivity index (χ0n) is 12.5. The molecule has 114 valence electrons. The van der Waals surface area contributed by atoms with E-state index in [2.05, 4.69) is 27.2 Å². The molecule has 6 heteroatoms. The van der Waals surface area contributed by atoms with Crippen LogP contribution in [0, 0.1) is 11.8 Å². The molecule has 0 radical (unpaired) electrons. The molecule has 1 fully saturated rings. The standard InChI is InChI=1S/C16H18N4O2/c1-9-7-11(9)16(22)18-10(2)13-8-14(21)20-15(19-13)12-5-3-4-6-17-12/h3-6,8-11H,7H2,1-2H3,(H,18,22)(H,19,20,21)/t9-,10+,11-/m1/s1. The molecule has 0 unspecified atom stereocenters. The van der Waals surface area contributed by atoms with E-state index in [9.17, 15) is 9.59 Å². The lowest BCUT2D eigenvalue weighted by Crippen LogP contribution is -2.30. The molecule has 0 spiro atoms. The second kappa shape index (κ2) is 5.71. The molecule has 2 N–H and O–H groups in total. The summed E-state index contributed by atoms with van der Waals surface area (Å²) >= 11 is 0. The van der Waals surface area contributed by atoms with Crippen LogP contribution in [0.4, 0.5) is 0 Å². The summed E-state index contributed by atoms with van der Waals surface area (Å²) in [6.07, 6.45) is 2.57. The van der Waals surface area contributed by atoms with E-state index in [0.29, 0.717) is 23.1 Å². The second-order valence-electron chi connectivity index (χ2n) is 5.78. The first-order valence-electron chi connectivity index (χ1n) is 7.37. The Morgan fingerprint density at radius 1 is 1.45 bits per heavy atom. The van der Waals surface area contributed by atoms with Gasteiger partial charge in [0.25, 0.3) is 5.56 Å². The molecule has 0 aromatic carbocycles. The third-order valence-corrected chi connectivity index (χ3v) is 3.92. The second-order valence-corrected chi connectivity index (χ2v) is 5.78. The Hall–Kier alpha value is -2.50. The maximum atomic E-state index is 12.0. The molecule has 0 saturated heterocycles. The number of hydrogen-bond acceptors (Lipinski definition) is 4. The highest BCUT2D eigenvalue weighted by atomic mass is 16.2. The van der Waals surface area contributed by atoms with E-state index in [0.717, 1.165) is 6.42 Å². The number of amides is 1. The molecule has 0 bridgehead atoms. The van der Waals surface area contributed by atoms with Crippen molar-refractivity contribution in [2.75, 3.05) is 0 Å². The highest BCUT2D eigenvalue weighted by Gasteiger charge is 2.39. The van der Waals surface area contributed by atoms with E-state index in [1.807, 2.05) is 13.0 Å². The Morgan fingerprint density at radius 2 is 2.23 bits per heavy atom. The number of hydrogen-bond donors (Lipinski definition) is 2. The molecule has 22 heavy (non-hydrogen) atoms. The minimum atomic E-state index is -0.315. The number of aromatic nitrogens is 3. The SMILES string of the molecule is C[C@H](NC(=O)[C@@H]1C[C@H]1C)c1cc(=O)[nH]c(-c2ccccn2)n1. The lowest BCUT2D eigenvalue weighted by atomic mass is 10.2. The van der Waals surface area contributed by atoms with Crippen molar-refractivity contribution in [1.82, 2.24) is 20.3 Å². The number of carbonyl (C=O) groups is 1. The van der Waals surface area contributed by atoms with Crippen LogP contribution in [0.15, 0.2) is 35.3 Å². The zero-order valence-corrected chi connectivity index (χ0v) is 12.5. The van der Waals surface area contributed by atoms with Gasteiger partial charge in [-0.15, -0.1) is 0 Å². The van der Waals surface area contributed by atoms with E-state index < -0.39 is 0 Å². The molecule has 2 heterocycles. The van der Waals surface area contributed by atoms with Crippen molar-refractivity contribution in [2.45, 2.75) is 26.3 Å². The first-order valence-corrected chi connectivity index (χ1v) is 7.37. The molecule has 2 aromatic heterocycles. The molecular formula is C16H18N4O2. The van der Waals surface area contributed by atoms with Crippen LogP contribution in [0.5, 0.6) is 0 Å². The molecule has 1 aliphatic rings. The van der Waals surface area contributed by atoms with Gasteiger partial charge in [-0.05, 0) is 31.4 Å². The van der Waals surface area contributed by atoms with Gasteiger partial charge in [-0.2, -0.15) is 0 Å². The first-order chi connectivity index (χ1) is 10.5. The summed E-state index contributed by atoms with van der Waals surface area (Å²) in [6.45, 7) is 3.88. The number of nitrogens with zero attached hydrogens (tertiary/aromatic N) is 2. The van der Waals surface area contributed by atoms with Crippen molar-refractivity contribution in [3.63, 3.8) is 0 Å². The van der Waals surface area contributed by atoms with Gasteiger partial charge in [-0.25, -0.2) is 4.98 Å². The Balaban J connectivity index is 1.83. The number of nitrogens with one attached hydrogen (secondary N) is 2. The fourth-order valence-electron chi connectivity index (χ4n) is 2.40. The van der Waals surface area contributed by atoms with Crippen LogP contribution >= 0.6 is 0 Å². The van der Waals surface area contributed by atoms with E-state index in [4.69, 9.17) is 0 Å². The predicted octanol–water partition coefficient (Wildman–Crippen LogP) is 1.67. The Kier molecular flexibility index (Phi) is 3.75. The monoisotopic (exact) mass is 298 g/mol. The predicted molar refractivity (Wildman–Crippen MR) is 81.9 cm³/mol. The van der Waals surface area contributed by atoms with Crippen LogP contribution in [-0.2, 0) is 4.79 Å². The third-order valence-electron chi connectivity index (χ3n) is 3.92. The molecular weight excluding hydrogens is 280 g/mol. The summed E-state index contributed by atoms with van der Waals surface area (Å²) in [5.74, 6) is 0.980. The fourth-order valence-corrected chi connectivity index (χ4v) is 2.40. The lowest BCUT2D eigenvalue weighted by Gasteiger charge is -2.14. The average molecular weight is 298 g/mol. The third kappa shape index (κ3) is 3.05. The highest BCUT2D eigenvalue weighted by Crippen LogP contribution is 2.38. The van der Waals surface area contributed by atoms with Crippen molar-refractivity contribution in [3.05, 3.63) is 46.5 Å². The molecule has 2 aromatic rings. The van der Waals surface area contributed by atoms with Crippen LogP contribution in [0.1, 0.15) is 32.0 Å². The Bertz CT molecular complexity index is 741. The van der Waals surface area contributed by atoms with Crippen LogP contribution in [0.2, 0.25) is 0 Å². The molecule has 3 rings (SSSR count). The van der Waals surface area contributed by atoms with Crippen LogP contribution < -0.4 is 10.9 Å². The summed E-state index contributed by atoms with van der Waals surface area (Å²) < 4.78 is 0. The van der Waals surface area contributed by atoms with Crippen LogP contribution in [0.25, 0.3) is 11.5 Å². The molecule has 1 aliphatic carbocycles. The van der Waals surface area contributed by atoms with Gasteiger partial charge in [0.2, 0.25) is 5.91 Å². The smallest absolute Gasteiger partial charge is 0.251 e. The van der Waals surface area contributed by atoms with Crippen molar-refractivity contribution >= 4 is 5.91 Å². The average Bonchev–Trinajstić information content (AvgIpc) is 3.24. The molecule has 6 nitrogen and oxygen atoms in total. The minimum absolute atomic E-state index is 0.0291. The summed E-state index contributed by atoms with van der Waals surface area (Å²) in [5.41, 5.74) is 0.869. The summed E-state index contributed by atoms with van der Waals surface area (Å²) in [5, 5.41) is 2.92. The molecule has 0 aliphatic heterocycles. The fraction of sp³-hybridized carbons (Fsp3) is 0.375. The summed E-state index contributed by atoms with van der Waals surface area (Å²) in [4.78, 5) is 35.1. The molecule has 1 saturated carbocycles. The minimum Gasteiger partial charge on any atom is -0.348 e. The maximum Gasteiger partial charge on any atom is 0.251 e. The van der Waals surface area contributed by atoms with Crippen molar-refractivity contribution in [3.8, 4) is 11.5 Å². The van der Waals surface area contributed by atoms with Gasteiger partial charge in [0.05, 0.1) is 11.7 Å².